The number of nitrogens with zero attached hydrogens (tertiary/aromatic N) is 2. The number of rotatable bonds is 2. The van der Waals surface area contributed by atoms with Gasteiger partial charge in [0.05, 0.1) is 6.26 Å². The van der Waals surface area contributed by atoms with E-state index in [1.165, 1.54) is 0 Å². The molecule has 78 valence electrons. The molecule has 0 unspecified atom stereocenters. The summed E-state index contributed by atoms with van der Waals surface area (Å²) in [6, 6.07) is 1.85. The Balaban J connectivity index is 2.47. The van der Waals surface area contributed by atoms with Gasteiger partial charge in [-0.05, 0) is 18.6 Å². The molecule has 0 aliphatic carbocycles. The predicted molar refractivity (Wildman–Crippen MR) is 56.8 cm³/mol. The summed E-state index contributed by atoms with van der Waals surface area (Å²) in [5.74, 6) is 1.54. The summed E-state index contributed by atoms with van der Waals surface area (Å²) >= 11 is 0. The predicted octanol–water partition coefficient (Wildman–Crippen LogP) is 1.09. The molecule has 0 saturated carbocycles. The molecule has 0 saturated heterocycles. The van der Waals surface area contributed by atoms with Crippen LogP contribution in [0.3, 0.4) is 0 Å². The lowest BCUT2D eigenvalue weighted by molar-refractivity contribution is 0.575. The van der Waals surface area contributed by atoms with E-state index in [1.54, 1.807) is 12.5 Å². The Labute approximate surface area is 87.1 Å². The van der Waals surface area contributed by atoms with Crippen molar-refractivity contribution in [3.8, 4) is 11.6 Å². The number of nitrogens with two attached hydrogens (primary N) is 2. The molecular weight excluding hydrogens is 192 g/mol. The number of aromatic nitrogens is 2. The maximum Gasteiger partial charge on any atom is 0.197 e. The largest absolute Gasteiger partial charge is 0.461 e. The van der Waals surface area contributed by atoms with Crippen molar-refractivity contribution in [1.29, 1.82) is 0 Å². The van der Waals surface area contributed by atoms with E-state index in [2.05, 4.69) is 9.97 Å². The zero-order valence-corrected chi connectivity index (χ0v) is 8.40. The van der Waals surface area contributed by atoms with Crippen LogP contribution in [0.5, 0.6) is 0 Å². The smallest absolute Gasteiger partial charge is 0.197 e. The van der Waals surface area contributed by atoms with E-state index in [9.17, 15) is 0 Å². The van der Waals surface area contributed by atoms with Gasteiger partial charge in [-0.25, -0.2) is 9.97 Å². The average Bonchev–Trinajstić information content (AvgIpc) is 2.64. The standard InChI is InChI=1S/C10H12N4O/c1-6-2-3-15-8(6)10-13-5-7(4-11)9(12)14-10/h2-3,5H,4,11H2,1H3,(H2,12,13,14). The van der Waals surface area contributed by atoms with Crippen LogP contribution in [0.25, 0.3) is 11.6 Å². The lowest BCUT2D eigenvalue weighted by atomic mass is 10.2. The van der Waals surface area contributed by atoms with Gasteiger partial charge in [-0.3, -0.25) is 0 Å². The third-order valence-electron chi connectivity index (χ3n) is 2.18. The first-order chi connectivity index (χ1) is 7.22. The fourth-order valence-corrected chi connectivity index (χ4v) is 1.29. The quantitative estimate of drug-likeness (QED) is 0.763. The van der Waals surface area contributed by atoms with Crippen LogP contribution in [0, 0.1) is 6.92 Å². The molecule has 0 amide bonds. The third-order valence-corrected chi connectivity index (χ3v) is 2.18. The van der Waals surface area contributed by atoms with Gasteiger partial charge in [0, 0.05) is 18.3 Å². The first-order valence-corrected chi connectivity index (χ1v) is 4.58. The van der Waals surface area contributed by atoms with E-state index in [4.69, 9.17) is 15.9 Å². The van der Waals surface area contributed by atoms with E-state index < -0.39 is 0 Å². The van der Waals surface area contributed by atoms with Gasteiger partial charge in [0.2, 0.25) is 0 Å². The van der Waals surface area contributed by atoms with Gasteiger partial charge in [-0.2, -0.15) is 0 Å². The number of hydrogen-bond donors (Lipinski definition) is 2. The third kappa shape index (κ3) is 1.69. The Bertz CT molecular complexity index is 478. The second-order valence-corrected chi connectivity index (χ2v) is 3.24. The molecule has 15 heavy (non-hydrogen) atoms. The highest BCUT2D eigenvalue weighted by Gasteiger charge is 2.10. The molecule has 5 heteroatoms. The second kappa shape index (κ2) is 3.70. The van der Waals surface area contributed by atoms with E-state index >= 15 is 0 Å². The van der Waals surface area contributed by atoms with Crippen molar-refractivity contribution in [2.75, 3.05) is 5.73 Å². The summed E-state index contributed by atoms with van der Waals surface area (Å²) in [5.41, 5.74) is 12.9. The molecule has 0 bridgehead atoms. The lowest BCUT2D eigenvalue weighted by Gasteiger charge is -2.03. The van der Waals surface area contributed by atoms with Crippen molar-refractivity contribution < 1.29 is 4.42 Å². The zero-order chi connectivity index (χ0) is 10.8. The van der Waals surface area contributed by atoms with Gasteiger partial charge >= 0.3 is 0 Å². The van der Waals surface area contributed by atoms with Crippen molar-refractivity contribution in [2.45, 2.75) is 13.5 Å². The minimum Gasteiger partial charge on any atom is -0.461 e. The molecule has 0 spiro atoms. The number of hydrogen-bond acceptors (Lipinski definition) is 5. The Morgan fingerprint density at radius 3 is 2.80 bits per heavy atom. The number of nitrogen functional groups attached to an aromatic ring is 1. The number of aryl methyl sites for hydroxylation is 1. The molecule has 4 N–H and O–H groups in total. The summed E-state index contributed by atoms with van der Waals surface area (Å²) in [4.78, 5) is 8.29. The Kier molecular flexibility index (Phi) is 2.39. The SMILES string of the molecule is Cc1ccoc1-c1ncc(CN)c(N)n1. The van der Waals surface area contributed by atoms with Crippen LogP contribution in [0.15, 0.2) is 22.9 Å². The van der Waals surface area contributed by atoms with Crippen molar-refractivity contribution in [2.24, 2.45) is 5.73 Å². The summed E-state index contributed by atoms with van der Waals surface area (Å²) in [5, 5.41) is 0. The molecule has 5 nitrogen and oxygen atoms in total. The van der Waals surface area contributed by atoms with Gasteiger partial charge in [0.1, 0.15) is 5.82 Å². The molecule has 2 heterocycles. The summed E-state index contributed by atoms with van der Waals surface area (Å²) in [6.07, 6.45) is 3.22. The van der Waals surface area contributed by atoms with Crippen molar-refractivity contribution >= 4 is 5.82 Å². The molecule has 0 aliphatic heterocycles. The van der Waals surface area contributed by atoms with Crippen molar-refractivity contribution in [1.82, 2.24) is 9.97 Å². The van der Waals surface area contributed by atoms with Gasteiger partial charge in [0.15, 0.2) is 11.6 Å². The highest BCUT2D eigenvalue weighted by atomic mass is 16.3. The summed E-state index contributed by atoms with van der Waals surface area (Å²) in [6.45, 7) is 2.26. The fourth-order valence-electron chi connectivity index (χ4n) is 1.29. The normalized spacial score (nSPS) is 10.5. The number of anilines is 1. The van der Waals surface area contributed by atoms with E-state index in [-0.39, 0.29) is 0 Å². The van der Waals surface area contributed by atoms with Crippen LogP contribution >= 0.6 is 0 Å². The molecule has 0 aromatic carbocycles. The molecule has 2 aromatic heterocycles. The van der Waals surface area contributed by atoms with Crippen LogP contribution in [0.2, 0.25) is 0 Å². The van der Waals surface area contributed by atoms with Crippen molar-refractivity contribution in [3.05, 3.63) is 29.7 Å². The molecule has 2 aromatic rings. The Morgan fingerprint density at radius 2 is 2.27 bits per heavy atom. The Hall–Kier alpha value is -1.88. The van der Waals surface area contributed by atoms with Gasteiger partial charge < -0.3 is 15.9 Å². The first kappa shape index (κ1) is 9.67. The maximum atomic E-state index is 5.72. The zero-order valence-electron chi connectivity index (χ0n) is 8.40. The summed E-state index contributed by atoms with van der Waals surface area (Å²) in [7, 11) is 0. The van der Waals surface area contributed by atoms with E-state index in [0.717, 1.165) is 11.1 Å². The molecule has 0 radical (unpaired) electrons. The molecule has 2 rings (SSSR count). The Morgan fingerprint density at radius 1 is 1.47 bits per heavy atom. The average molecular weight is 204 g/mol. The monoisotopic (exact) mass is 204 g/mol. The molecule has 0 aliphatic rings. The van der Waals surface area contributed by atoms with Crippen LogP contribution < -0.4 is 11.5 Å². The topological polar surface area (TPSA) is 91.0 Å². The van der Waals surface area contributed by atoms with Crippen LogP contribution in [-0.4, -0.2) is 9.97 Å². The second-order valence-electron chi connectivity index (χ2n) is 3.24. The number of furan rings is 1. The maximum absolute atomic E-state index is 5.72. The molecular formula is C10H12N4O. The van der Waals surface area contributed by atoms with Gasteiger partial charge in [-0.15, -0.1) is 0 Å². The van der Waals surface area contributed by atoms with Crippen LogP contribution in [0.1, 0.15) is 11.1 Å². The van der Waals surface area contributed by atoms with E-state index in [1.807, 2.05) is 13.0 Å². The van der Waals surface area contributed by atoms with Crippen LogP contribution in [-0.2, 0) is 6.54 Å². The first-order valence-electron chi connectivity index (χ1n) is 4.58. The molecule has 0 fully saturated rings. The highest BCUT2D eigenvalue weighted by Crippen LogP contribution is 2.21. The minimum absolute atomic E-state index is 0.337. The van der Waals surface area contributed by atoms with Crippen molar-refractivity contribution in [3.63, 3.8) is 0 Å². The van der Waals surface area contributed by atoms with Crippen LogP contribution in [0.4, 0.5) is 5.82 Å². The van der Waals surface area contributed by atoms with Gasteiger partial charge in [-0.1, -0.05) is 0 Å². The van der Waals surface area contributed by atoms with E-state index in [0.29, 0.717) is 23.9 Å². The lowest BCUT2D eigenvalue weighted by Crippen LogP contribution is -2.05. The summed E-state index contributed by atoms with van der Waals surface area (Å²) < 4.78 is 5.27. The fraction of sp³-hybridized carbons (Fsp3) is 0.200. The van der Waals surface area contributed by atoms with Gasteiger partial charge in [0.25, 0.3) is 0 Å². The minimum atomic E-state index is 0.337. The highest BCUT2D eigenvalue weighted by molar-refractivity contribution is 5.55. The molecule has 0 atom stereocenters.